The van der Waals surface area contributed by atoms with E-state index in [0.717, 1.165) is 48.1 Å². The van der Waals surface area contributed by atoms with Crippen LogP contribution in [0.2, 0.25) is 0 Å². The van der Waals surface area contributed by atoms with Gasteiger partial charge in [0.15, 0.2) is 5.65 Å². The van der Waals surface area contributed by atoms with Gasteiger partial charge in [-0.2, -0.15) is 0 Å². The topological polar surface area (TPSA) is 93.2 Å². The van der Waals surface area contributed by atoms with Crippen LogP contribution in [0.4, 0.5) is 5.82 Å². The van der Waals surface area contributed by atoms with Crippen LogP contribution in [0.25, 0.3) is 17.0 Å². The molecule has 1 fully saturated rings. The largest absolute Gasteiger partial charge is 0.391 e. The van der Waals surface area contributed by atoms with Crippen molar-refractivity contribution in [2.45, 2.75) is 38.5 Å². The molecular weight excluding hydrogens is 366 g/mol. The highest BCUT2D eigenvalue weighted by molar-refractivity contribution is 5.55. The molecule has 3 heterocycles. The van der Waals surface area contributed by atoms with Crippen molar-refractivity contribution in [2.24, 2.45) is 5.92 Å². The third-order valence-electron chi connectivity index (χ3n) is 5.63. The van der Waals surface area contributed by atoms with Crippen molar-refractivity contribution < 1.29 is 5.11 Å². The van der Waals surface area contributed by atoms with E-state index >= 15 is 0 Å². The Kier molecular flexibility index (Phi) is 4.48. The molecule has 8 heteroatoms. The third-order valence-corrected chi connectivity index (χ3v) is 5.63. The summed E-state index contributed by atoms with van der Waals surface area (Å²) in [7, 11) is 0. The number of aliphatic hydroxyl groups is 1. The standard InChI is InChI=1S/C21H23N7O/c1-14-24-19(11-20-26-23-13-28(14)20)25-17-9-15(10-18(17)29)12-27-8-7-22-21(27)16-5-3-2-4-6-16/h2-8,11,13,15,17-18,25,29H,9-10,12H2,1H3/t15?,17-,18-/m1/s1. The van der Waals surface area contributed by atoms with Crippen LogP contribution in [0.15, 0.2) is 55.1 Å². The molecule has 0 amide bonds. The molecule has 3 aromatic heterocycles. The SMILES string of the molecule is Cc1nc(N[C@@H]2CC(Cn3ccnc3-c3ccccc3)C[C@H]2O)cc2nncn12. The first kappa shape index (κ1) is 17.8. The second-order valence-corrected chi connectivity index (χ2v) is 7.67. The minimum absolute atomic E-state index is 0.0408. The third kappa shape index (κ3) is 3.47. The van der Waals surface area contributed by atoms with Gasteiger partial charge in [0, 0.05) is 30.6 Å². The van der Waals surface area contributed by atoms with E-state index in [4.69, 9.17) is 0 Å². The van der Waals surface area contributed by atoms with Gasteiger partial charge in [-0.05, 0) is 25.7 Å². The van der Waals surface area contributed by atoms with E-state index in [1.54, 1.807) is 6.33 Å². The maximum absolute atomic E-state index is 10.6. The highest BCUT2D eigenvalue weighted by Gasteiger charge is 2.33. The lowest BCUT2D eigenvalue weighted by Gasteiger charge is -2.17. The first-order valence-electron chi connectivity index (χ1n) is 9.86. The van der Waals surface area contributed by atoms with Crippen LogP contribution in [0.5, 0.6) is 0 Å². The van der Waals surface area contributed by atoms with Crippen LogP contribution in [-0.4, -0.2) is 46.4 Å². The molecule has 1 unspecified atom stereocenters. The Balaban J connectivity index is 1.30. The maximum atomic E-state index is 10.6. The zero-order chi connectivity index (χ0) is 19.8. The van der Waals surface area contributed by atoms with Crippen molar-refractivity contribution in [2.75, 3.05) is 5.32 Å². The van der Waals surface area contributed by atoms with Crippen LogP contribution < -0.4 is 5.32 Å². The fourth-order valence-corrected chi connectivity index (χ4v) is 4.24. The van der Waals surface area contributed by atoms with Gasteiger partial charge in [0.2, 0.25) is 0 Å². The highest BCUT2D eigenvalue weighted by Crippen LogP contribution is 2.31. The molecule has 148 valence electrons. The second kappa shape index (κ2) is 7.29. The number of aryl methyl sites for hydroxylation is 1. The Morgan fingerprint density at radius 3 is 2.93 bits per heavy atom. The Hall–Kier alpha value is -3.26. The van der Waals surface area contributed by atoms with E-state index in [0.29, 0.717) is 5.92 Å². The van der Waals surface area contributed by atoms with E-state index in [-0.39, 0.29) is 6.04 Å². The summed E-state index contributed by atoms with van der Waals surface area (Å²) in [6, 6.07) is 12.0. The number of anilines is 1. The number of aliphatic hydroxyl groups excluding tert-OH is 1. The Bertz CT molecular complexity index is 1120. The van der Waals surface area contributed by atoms with Crippen LogP contribution in [-0.2, 0) is 6.54 Å². The van der Waals surface area contributed by atoms with Crippen molar-refractivity contribution in [1.82, 2.24) is 29.1 Å². The lowest BCUT2D eigenvalue weighted by Crippen LogP contribution is -2.28. The molecule has 0 bridgehead atoms. The monoisotopic (exact) mass is 389 g/mol. The molecule has 29 heavy (non-hydrogen) atoms. The predicted molar refractivity (Wildman–Crippen MR) is 109 cm³/mol. The molecule has 0 spiro atoms. The van der Waals surface area contributed by atoms with Crippen molar-refractivity contribution in [1.29, 1.82) is 0 Å². The van der Waals surface area contributed by atoms with Crippen molar-refractivity contribution in [3.63, 3.8) is 0 Å². The number of imidazole rings is 1. The van der Waals surface area contributed by atoms with Crippen molar-refractivity contribution in [3.8, 4) is 11.4 Å². The number of hydrogen-bond acceptors (Lipinski definition) is 6. The number of rotatable bonds is 5. The second-order valence-electron chi connectivity index (χ2n) is 7.67. The molecule has 4 aromatic rings. The molecule has 1 aliphatic carbocycles. The lowest BCUT2D eigenvalue weighted by atomic mass is 10.1. The van der Waals surface area contributed by atoms with Crippen LogP contribution in [0.1, 0.15) is 18.7 Å². The number of hydrogen-bond donors (Lipinski definition) is 2. The molecule has 5 rings (SSSR count). The van der Waals surface area contributed by atoms with Gasteiger partial charge in [0.1, 0.15) is 23.8 Å². The summed E-state index contributed by atoms with van der Waals surface area (Å²) in [6.07, 6.45) is 6.70. The zero-order valence-corrected chi connectivity index (χ0v) is 16.2. The normalized spacial score (nSPS) is 21.7. The number of fused-ring (bicyclic) bond motifs is 1. The summed E-state index contributed by atoms with van der Waals surface area (Å²) >= 11 is 0. The average molecular weight is 389 g/mol. The molecule has 1 aliphatic rings. The summed E-state index contributed by atoms with van der Waals surface area (Å²) in [4.78, 5) is 9.10. The number of nitrogens with one attached hydrogen (secondary N) is 1. The minimum atomic E-state index is -0.417. The Morgan fingerprint density at radius 1 is 1.21 bits per heavy atom. The van der Waals surface area contributed by atoms with E-state index in [1.807, 2.05) is 48.0 Å². The van der Waals surface area contributed by atoms with Gasteiger partial charge in [-0.1, -0.05) is 30.3 Å². The summed E-state index contributed by atoms with van der Waals surface area (Å²) in [5.41, 5.74) is 1.85. The summed E-state index contributed by atoms with van der Waals surface area (Å²) in [5, 5.41) is 22.1. The number of aromatic nitrogens is 6. The molecule has 1 saturated carbocycles. The molecule has 0 aliphatic heterocycles. The van der Waals surface area contributed by atoms with E-state index in [2.05, 4.69) is 42.2 Å². The first-order chi connectivity index (χ1) is 14.2. The van der Waals surface area contributed by atoms with Crippen molar-refractivity contribution >= 4 is 11.5 Å². The summed E-state index contributed by atoms with van der Waals surface area (Å²) in [5.74, 6) is 2.85. The molecular formula is C21H23N7O. The zero-order valence-electron chi connectivity index (χ0n) is 16.2. The molecule has 2 N–H and O–H groups in total. The fourth-order valence-electron chi connectivity index (χ4n) is 4.24. The van der Waals surface area contributed by atoms with Crippen LogP contribution in [0, 0.1) is 12.8 Å². The van der Waals surface area contributed by atoms with Crippen LogP contribution >= 0.6 is 0 Å². The van der Waals surface area contributed by atoms with Crippen molar-refractivity contribution in [3.05, 3.63) is 60.9 Å². The molecule has 1 aromatic carbocycles. The first-order valence-corrected chi connectivity index (χ1v) is 9.86. The quantitative estimate of drug-likeness (QED) is 0.545. The van der Waals surface area contributed by atoms with Gasteiger partial charge in [-0.3, -0.25) is 4.40 Å². The maximum Gasteiger partial charge on any atom is 0.165 e. The van der Waals surface area contributed by atoms with Crippen LogP contribution in [0.3, 0.4) is 0 Å². The smallest absolute Gasteiger partial charge is 0.165 e. The van der Waals surface area contributed by atoms with Gasteiger partial charge in [-0.15, -0.1) is 10.2 Å². The van der Waals surface area contributed by atoms with E-state index in [1.165, 1.54) is 0 Å². The van der Waals surface area contributed by atoms with Gasteiger partial charge < -0.3 is 15.0 Å². The van der Waals surface area contributed by atoms with Gasteiger partial charge in [0.05, 0.1) is 12.1 Å². The fraction of sp³-hybridized carbons (Fsp3) is 0.333. The Morgan fingerprint density at radius 2 is 2.07 bits per heavy atom. The molecule has 3 atom stereocenters. The van der Waals surface area contributed by atoms with Gasteiger partial charge in [0.25, 0.3) is 0 Å². The van der Waals surface area contributed by atoms with E-state index in [9.17, 15) is 5.11 Å². The minimum Gasteiger partial charge on any atom is -0.391 e. The highest BCUT2D eigenvalue weighted by atomic mass is 16.3. The Labute approximate surface area is 168 Å². The van der Waals surface area contributed by atoms with Gasteiger partial charge >= 0.3 is 0 Å². The summed E-state index contributed by atoms with van der Waals surface area (Å²) < 4.78 is 4.02. The van der Waals surface area contributed by atoms with Gasteiger partial charge in [-0.25, -0.2) is 9.97 Å². The molecule has 0 radical (unpaired) electrons. The van der Waals surface area contributed by atoms with E-state index < -0.39 is 6.10 Å². The summed E-state index contributed by atoms with van der Waals surface area (Å²) in [6.45, 7) is 2.74. The number of benzene rings is 1. The predicted octanol–water partition coefficient (Wildman–Crippen LogP) is 2.55. The molecule has 8 nitrogen and oxygen atoms in total. The number of nitrogens with zero attached hydrogens (tertiary/aromatic N) is 6. The molecule has 0 saturated heterocycles. The lowest BCUT2D eigenvalue weighted by molar-refractivity contribution is 0.166. The average Bonchev–Trinajstić information content (AvgIpc) is 3.44.